The smallest absolute Gasteiger partial charge is 0.163 e. The van der Waals surface area contributed by atoms with Gasteiger partial charge in [-0.05, 0) is 19.1 Å². The fraction of sp³-hybridized carbons (Fsp3) is 0.458. The summed E-state index contributed by atoms with van der Waals surface area (Å²) in [5.74, 6) is 1.71. The monoisotopic (exact) mass is 479 g/mol. The third kappa shape index (κ3) is 4.22. The van der Waals surface area contributed by atoms with E-state index in [2.05, 4.69) is 38.1 Å². The minimum Gasteiger partial charge on any atom is -0.379 e. The zero-order valence-corrected chi connectivity index (χ0v) is 20.2. The number of hydrogen-bond donors (Lipinski definition) is 2. The molecule has 0 aliphatic carbocycles. The highest BCUT2D eigenvalue weighted by Crippen LogP contribution is 2.40. The highest BCUT2D eigenvalue weighted by Gasteiger charge is 2.22. The Balaban J connectivity index is 1.35. The Morgan fingerprint density at radius 3 is 2.71 bits per heavy atom. The second-order valence-corrected chi connectivity index (χ2v) is 9.75. The van der Waals surface area contributed by atoms with Crippen LogP contribution in [0.4, 0.5) is 10.8 Å². The summed E-state index contributed by atoms with van der Waals surface area (Å²) >= 11 is 1.76. The topological polar surface area (TPSA) is 91.4 Å². The normalized spacial score (nSPS) is 17.6. The van der Waals surface area contributed by atoms with Crippen molar-refractivity contribution in [2.45, 2.75) is 6.92 Å². The third-order valence-electron chi connectivity index (χ3n) is 6.53. The first-order valence-corrected chi connectivity index (χ1v) is 12.7. The molecule has 0 saturated carbocycles. The summed E-state index contributed by atoms with van der Waals surface area (Å²) in [5.41, 5.74) is 3.99. The fourth-order valence-corrected chi connectivity index (χ4v) is 5.76. The number of H-pyrrole nitrogens is 1. The van der Waals surface area contributed by atoms with Gasteiger partial charge in [0.2, 0.25) is 0 Å². The predicted molar refractivity (Wildman–Crippen MR) is 136 cm³/mol. The van der Waals surface area contributed by atoms with Crippen LogP contribution in [-0.2, 0) is 9.47 Å². The average molecular weight is 480 g/mol. The molecule has 0 aromatic carbocycles. The second kappa shape index (κ2) is 9.46. The third-order valence-corrected chi connectivity index (χ3v) is 7.77. The maximum Gasteiger partial charge on any atom is 0.163 e. The predicted octanol–water partition coefficient (Wildman–Crippen LogP) is 3.12. The zero-order valence-electron chi connectivity index (χ0n) is 19.3. The van der Waals surface area contributed by atoms with E-state index >= 15 is 0 Å². The van der Waals surface area contributed by atoms with Crippen LogP contribution in [-0.4, -0.2) is 90.5 Å². The average Bonchev–Trinajstić information content (AvgIpc) is 3.49. The number of nitrogens with zero attached hydrogens (tertiary/aromatic N) is 5. The standard InChI is InChI=1S/C24H29N7O2S/c1-16-19-20(34-24(16)26-4-5-30-6-10-32-11-7-30)23(31-8-12-33-13-9-31)29-22(28-19)18-14-17-2-3-25-21(17)27-15-18/h2-3,14-15,26H,4-13H2,1H3,(H,25,27). The van der Waals surface area contributed by atoms with Gasteiger partial charge in [-0.3, -0.25) is 4.90 Å². The molecule has 178 valence electrons. The van der Waals surface area contributed by atoms with Crippen molar-refractivity contribution in [1.29, 1.82) is 0 Å². The number of fused-ring (bicyclic) bond motifs is 2. The van der Waals surface area contributed by atoms with Crippen LogP contribution in [0.25, 0.3) is 32.6 Å². The number of hydrogen-bond acceptors (Lipinski definition) is 9. The summed E-state index contributed by atoms with van der Waals surface area (Å²) in [4.78, 5) is 22.6. The Morgan fingerprint density at radius 1 is 1.09 bits per heavy atom. The van der Waals surface area contributed by atoms with Gasteiger partial charge in [-0.25, -0.2) is 15.0 Å². The largest absolute Gasteiger partial charge is 0.379 e. The van der Waals surface area contributed by atoms with E-state index in [-0.39, 0.29) is 0 Å². The molecule has 6 rings (SSSR count). The summed E-state index contributed by atoms with van der Waals surface area (Å²) in [6, 6.07) is 4.13. The van der Waals surface area contributed by atoms with E-state index in [4.69, 9.17) is 19.4 Å². The highest BCUT2D eigenvalue weighted by atomic mass is 32.1. The molecule has 6 heterocycles. The summed E-state index contributed by atoms with van der Waals surface area (Å²) < 4.78 is 12.2. The van der Waals surface area contributed by atoms with Crippen LogP contribution in [0, 0.1) is 6.92 Å². The number of rotatable bonds is 6. The van der Waals surface area contributed by atoms with Gasteiger partial charge in [-0.2, -0.15) is 0 Å². The summed E-state index contributed by atoms with van der Waals surface area (Å²) in [6.07, 6.45) is 3.76. The van der Waals surface area contributed by atoms with Crippen molar-refractivity contribution in [2.24, 2.45) is 0 Å². The number of thiophene rings is 1. The molecule has 0 atom stereocenters. The van der Waals surface area contributed by atoms with Gasteiger partial charge in [-0.15, -0.1) is 11.3 Å². The molecule has 2 aliphatic rings. The molecule has 0 radical (unpaired) electrons. The SMILES string of the molecule is Cc1c(NCCN2CCOCC2)sc2c(N3CCOCC3)nc(-c3cnc4[nH]ccc4c3)nc12. The molecule has 2 aliphatic heterocycles. The molecule has 0 bridgehead atoms. The van der Waals surface area contributed by atoms with E-state index in [0.29, 0.717) is 19.0 Å². The van der Waals surface area contributed by atoms with E-state index in [1.807, 2.05) is 18.5 Å². The molecule has 2 fully saturated rings. The molecule has 0 unspecified atom stereocenters. The maximum atomic E-state index is 5.61. The Hall–Kier alpha value is -2.79. The fourth-order valence-electron chi connectivity index (χ4n) is 4.57. The lowest BCUT2D eigenvalue weighted by Crippen LogP contribution is -2.38. The van der Waals surface area contributed by atoms with Crippen LogP contribution >= 0.6 is 11.3 Å². The van der Waals surface area contributed by atoms with Crippen LogP contribution < -0.4 is 10.2 Å². The lowest BCUT2D eigenvalue weighted by atomic mass is 10.2. The molecule has 4 aromatic heterocycles. The number of morpholine rings is 2. The van der Waals surface area contributed by atoms with E-state index in [0.717, 1.165) is 85.1 Å². The molecule has 0 amide bonds. The molecule has 2 N–H and O–H groups in total. The van der Waals surface area contributed by atoms with Crippen molar-refractivity contribution in [2.75, 3.05) is 75.9 Å². The number of ether oxygens (including phenoxy) is 2. The van der Waals surface area contributed by atoms with E-state index in [1.54, 1.807) is 11.3 Å². The van der Waals surface area contributed by atoms with Gasteiger partial charge < -0.3 is 24.7 Å². The molecule has 2 saturated heterocycles. The van der Waals surface area contributed by atoms with E-state index < -0.39 is 0 Å². The number of aromatic nitrogens is 4. The Bertz CT molecular complexity index is 1290. The number of aromatic amines is 1. The molecule has 10 heteroatoms. The second-order valence-electron chi connectivity index (χ2n) is 8.72. The van der Waals surface area contributed by atoms with Crippen molar-refractivity contribution < 1.29 is 9.47 Å². The van der Waals surface area contributed by atoms with Gasteiger partial charge in [0, 0.05) is 68.2 Å². The van der Waals surface area contributed by atoms with Crippen LogP contribution in [0.15, 0.2) is 24.5 Å². The Kier molecular flexibility index (Phi) is 6.04. The molecular weight excluding hydrogens is 450 g/mol. The van der Waals surface area contributed by atoms with Crippen molar-refractivity contribution in [3.8, 4) is 11.4 Å². The molecular formula is C24H29N7O2S. The number of pyridine rings is 1. The first kappa shape index (κ1) is 21.7. The molecule has 9 nitrogen and oxygen atoms in total. The maximum absolute atomic E-state index is 5.61. The minimum absolute atomic E-state index is 0.713. The first-order valence-electron chi connectivity index (χ1n) is 11.9. The minimum atomic E-state index is 0.713. The molecule has 34 heavy (non-hydrogen) atoms. The van der Waals surface area contributed by atoms with Crippen molar-refractivity contribution in [1.82, 2.24) is 24.8 Å². The van der Waals surface area contributed by atoms with Gasteiger partial charge in [0.25, 0.3) is 0 Å². The molecule has 4 aromatic rings. The Morgan fingerprint density at radius 2 is 1.88 bits per heavy atom. The summed E-state index contributed by atoms with van der Waals surface area (Å²) in [6.45, 7) is 10.8. The van der Waals surface area contributed by atoms with Crippen LogP contribution in [0.3, 0.4) is 0 Å². The van der Waals surface area contributed by atoms with Gasteiger partial charge in [0.1, 0.15) is 5.65 Å². The number of anilines is 2. The summed E-state index contributed by atoms with van der Waals surface area (Å²) in [5, 5.41) is 5.90. The van der Waals surface area contributed by atoms with Gasteiger partial charge >= 0.3 is 0 Å². The lowest BCUT2D eigenvalue weighted by Gasteiger charge is -2.28. The van der Waals surface area contributed by atoms with Gasteiger partial charge in [0.15, 0.2) is 11.6 Å². The Labute approximate surface area is 202 Å². The zero-order chi connectivity index (χ0) is 22.9. The van der Waals surface area contributed by atoms with Crippen LogP contribution in [0.2, 0.25) is 0 Å². The van der Waals surface area contributed by atoms with Gasteiger partial charge in [-0.1, -0.05) is 0 Å². The van der Waals surface area contributed by atoms with Crippen molar-refractivity contribution in [3.05, 3.63) is 30.1 Å². The molecule has 0 spiro atoms. The quantitative estimate of drug-likeness (QED) is 0.436. The highest BCUT2D eigenvalue weighted by molar-refractivity contribution is 7.23. The first-order chi connectivity index (χ1) is 16.8. The number of aryl methyl sites for hydroxylation is 1. The van der Waals surface area contributed by atoms with Crippen molar-refractivity contribution >= 4 is 43.4 Å². The van der Waals surface area contributed by atoms with Gasteiger partial charge in [0.05, 0.1) is 41.6 Å². The lowest BCUT2D eigenvalue weighted by molar-refractivity contribution is 0.0398. The van der Waals surface area contributed by atoms with E-state index in [9.17, 15) is 0 Å². The van der Waals surface area contributed by atoms with E-state index in [1.165, 1.54) is 10.6 Å². The summed E-state index contributed by atoms with van der Waals surface area (Å²) in [7, 11) is 0. The number of nitrogens with one attached hydrogen (secondary N) is 2. The van der Waals surface area contributed by atoms with Crippen molar-refractivity contribution in [3.63, 3.8) is 0 Å². The van der Waals surface area contributed by atoms with Crippen LogP contribution in [0.5, 0.6) is 0 Å². The van der Waals surface area contributed by atoms with Crippen LogP contribution in [0.1, 0.15) is 5.56 Å².